The van der Waals surface area contributed by atoms with Crippen LogP contribution in [0.15, 0.2) is 48.5 Å². The number of benzene rings is 2. The van der Waals surface area contributed by atoms with Crippen molar-refractivity contribution >= 4 is 11.8 Å². The number of hydrogen-bond donors (Lipinski definition) is 2. The number of hydrazine groups is 1. The molecule has 0 saturated heterocycles. The van der Waals surface area contributed by atoms with Gasteiger partial charge < -0.3 is 9.47 Å². The van der Waals surface area contributed by atoms with E-state index in [0.29, 0.717) is 5.75 Å². The first-order valence-corrected chi connectivity index (χ1v) is 8.90. The summed E-state index contributed by atoms with van der Waals surface area (Å²) in [5, 5.41) is 0. The number of halogens is 1. The van der Waals surface area contributed by atoms with Gasteiger partial charge in [0.2, 0.25) is 0 Å². The normalized spacial score (nSPS) is 12.0. The highest BCUT2D eigenvalue weighted by atomic mass is 19.1. The van der Waals surface area contributed by atoms with Crippen molar-refractivity contribution in [1.29, 1.82) is 0 Å². The van der Waals surface area contributed by atoms with E-state index in [1.165, 1.54) is 25.1 Å². The molecule has 2 aromatic carbocycles. The minimum Gasteiger partial charge on any atom is -0.483 e. The Morgan fingerprint density at radius 3 is 2.25 bits per heavy atom. The fraction of sp³-hybridized carbons (Fsp3) is 0.333. The minimum atomic E-state index is -1.00. The van der Waals surface area contributed by atoms with Gasteiger partial charge in [-0.15, -0.1) is 0 Å². The first-order chi connectivity index (χ1) is 13.2. The highest BCUT2D eigenvalue weighted by molar-refractivity contribution is 5.85. The third-order valence-electron chi connectivity index (χ3n) is 3.89. The number of hydrogen-bond acceptors (Lipinski definition) is 4. The van der Waals surface area contributed by atoms with E-state index in [2.05, 4.69) is 10.9 Å². The second-order valence-electron chi connectivity index (χ2n) is 7.26. The van der Waals surface area contributed by atoms with Crippen LogP contribution < -0.4 is 20.3 Å². The zero-order valence-electron chi connectivity index (χ0n) is 16.4. The Morgan fingerprint density at radius 2 is 1.61 bits per heavy atom. The van der Waals surface area contributed by atoms with E-state index in [-0.39, 0.29) is 17.8 Å². The first kappa shape index (κ1) is 21.2. The molecule has 0 bridgehead atoms. The number of carbonyl (C=O) groups excluding carboxylic acids is 2. The van der Waals surface area contributed by atoms with Crippen LogP contribution in [0.25, 0.3) is 0 Å². The summed E-state index contributed by atoms with van der Waals surface area (Å²) in [6, 6.07) is 13.2. The van der Waals surface area contributed by atoms with Crippen LogP contribution >= 0.6 is 0 Å². The maximum Gasteiger partial charge on any atom is 0.279 e. The molecule has 28 heavy (non-hydrogen) atoms. The van der Waals surface area contributed by atoms with E-state index in [4.69, 9.17) is 9.47 Å². The Kier molecular flexibility index (Phi) is 6.98. The number of para-hydroxylation sites is 2. The van der Waals surface area contributed by atoms with E-state index in [1.54, 1.807) is 12.1 Å². The molecule has 2 amide bonds. The van der Waals surface area contributed by atoms with Gasteiger partial charge in [-0.2, -0.15) is 0 Å². The van der Waals surface area contributed by atoms with Crippen LogP contribution in [0, 0.1) is 5.82 Å². The number of amides is 2. The maximum absolute atomic E-state index is 13.6. The first-order valence-electron chi connectivity index (χ1n) is 8.90. The van der Waals surface area contributed by atoms with Crippen molar-refractivity contribution in [2.45, 2.75) is 39.2 Å². The molecule has 1 atom stereocenters. The largest absolute Gasteiger partial charge is 0.483 e. The molecular formula is C21H25FN2O4. The molecule has 7 heteroatoms. The summed E-state index contributed by atoms with van der Waals surface area (Å²) in [5.74, 6) is -1.16. The van der Waals surface area contributed by atoms with Crippen molar-refractivity contribution in [2.24, 2.45) is 0 Å². The van der Waals surface area contributed by atoms with Crippen molar-refractivity contribution in [2.75, 3.05) is 6.61 Å². The molecule has 0 spiro atoms. The van der Waals surface area contributed by atoms with Crippen LogP contribution in [-0.2, 0) is 15.0 Å². The van der Waals surface area contributed by atoms with Crippen LogP contribution in [0.4, 0.5) is 4.39 Å². The van der Waals surface area contributed by atoms with Crippen molar-refractivity contribution in [1.82, 2.24) is 10.9 Å². The molecule has 1 unspecified atom stereocenters. The van der Waals surface area contributed by atoms with Crippen LogP contribution in [0.1, 0.15) is 33.3 Å². The highest BCUT2D eigenvalue weighted by Crippen LogP contribution is 2.30. The standard InChI is InChI=1S/C21H25FN2O4/c1-14(28-18-12-8-6-10-16(18)22)20(26)24-23-19(25)13-27-17-11-7-5-9-15(17)21(2,3)4/h5-12,14H,13H2,1-4H3,(H,23,25)(H,24,26). The monoisotopic (exact) mass is 388 g/mol. The van der Waals surface area contributed by atoms with Gasteiger partial charge in [0.25, 0.3) is 11.8 Å². The lowest BCUT2D eigenvalue weighted by Gasteiger charge is -2.22. The van der Waals surface area contributed by atoms with Crippen LogP contribution in [0.2, 0.25) is 0 Å². The molecule has 0 radical (unpaired) electrons. The topological polar surface area (TPSA) is 76.7 Å². The van der Waals surface area contributed by atoms with Crippen LogP contribution in [-0.4, -0.2) is 24.5 Å². The Hall–Kier alpha value is -3.09. The Balaban J connectivity index is 1.83. The molecular weight excluding hydrogens is 363 g/mol. The fourth-order valence-electron chi connectivity index (χ4n) is 2.41. The molecule has 0 saturated carbocycles. The quantitative estimate of drug-likeness (QED) is 0.746. The zero-order chi connectivity index (χ0) is 20.7. The fourth-order valence-corrected chi connectivity index (χ4v) is 2.41. The Labute approximate surface area is 164 Å². The van der Waals surface area contributed by atoms with Crippen molar-refractivity contribution in [3.8, 4) is 11.5 Å². The molecule has 0 aromatic heterocycles. The van der Waals surface area contributed by atoms with Crippen molar-refractivity contribution in [3.63, 3.8) is 0 Å². The summed E-state index contributed by atoms with van der Waals surface area (Å²) in [5.41, 5.74) is 5.33. The third kappa shape index (κ3) is 5.97. The lowest BCUT2D eigenvalue weighted by Crippen LogP contribution is -2.48. The third-order valence-corrected chi connectivity index (χ3v) is 3.89. The molecule has 0 aliphatic heterocycles. The zero-order valence-corrected chi connectivity index (χ0v) is 16.4. The lowest BCUT2D eigenvalue weighted by molar-refractivity contribution is -0.133. The summed E-state index contributed by atoms with van der Waals surface area (Å²) in [4.78, 5) is 24.0. The van der Waals surface area contributed by atoms with Crippen LogP contribution in [0.3, 0.4) is 0 Å². The number of carbonyl (C=O) groups is 2. The van der Waals surface area contributed by atoms with Gasteiger partial charge in [-0.1, -0.05) is 51.1 Å². The molecule has 0 aliphatic rings. The summed E-state index contributed by atoms with van der Waals surface area (Å²) >= 11 is 0. The maximum atomic E-state index is 13.6. The molecule has 2 aromatic rings. The molecule has 0 aliphatic carbocycles. The summed E-state index contributed by atoms with van der Waals surface area (Å²) < 4.78 is 24.4. The van der Waals surface area contributed by atoms with Gasteiger partial charge in [0.05, 0.1) is 0 Å². The van der Waals surface area contributed by atoms with E-state index in [0.717, 1.165) is 5.56 Å². The highest BCUT2D eigenvalue weighted by Gasteiger charge is 2.20. The van der Waals surface area contributed by atoms with Crippen molar-refractivity contribution < 1.29 is 23.5 Å². The van der Waals surface area contributed by atoms with Gasteiger partial charge in [0.15, 0.2) is 24.3 Å². The lowest BCUT2D eigenvalue weighted by atomic mass is 9.86. The minimum absolute atomic E-state index is 0.0430. The average Bonchev–Trinajstić information content (AvgIpc) is 2.65. The number of nitrogens with one attached hydrogen (secondary N) is 2. The van der Waals surface area contributed by atoms with Crippen molar-refractivity contribution in [3.05, 3.63) is 59.9 Å². The van der Waals surface area contributed by atoms with Gasteiger partial charge in [0.1, 0.15) is 5.75 Å². The Bertz CT molecular complexity index is 833. The van der Waals surface area contributed by atoms with Gasteiger partial charge in [-0.3, -0.25) is 20.4 Å². The predicted octanol–water partition coefficient (Wildman–Crippen LogP) is 3.12. The van der Waals surface area contributed by atoms with Gasteiger partial charge in [-0.05, 0) is 36.1 Å². The molecule has 6 nitrogen and oxygen atoms in total. The number of rotatable bonds is 6. The van der Waals surface area contributed by atoms with Crippen LogP contribution in [0.5, 0.6) is 11.5 Å². The molecule has 0 fully saturated rings. The summed E-state index contributed by atoms with van der Waals surface area (Å²) in [6.07, 6.45) is -1.00. The van der Waals surface area contributed by atoms with E-state index < -0.39 is 23.7 Å². The molecule has 0 heterocycles. The van der Waals surface area contributed by atoms with E-state index in [9.17, 15) is 14.0 Å². The second-order valence-corrected chi connectivity index (χ2v) is 7.26. The molecule has 2 rings (SSSR count). The molecule has 150 valence electrons. The number of ether oxygens (including phenoxy) is 2. The summed E-state index contributed by atoms with van der Waals surface area (Å²) in [7, 11) is 0. The van der Waals surface area contributed by atoms with Gasteiger partial charge in [0, 0.05) is 0 Å². The second kappa shape index (κ2) is 9.21. The SMILES string of the molecule is CC(Oc1ccccc1F)C(=O)NNC(=O)COc1ccccc1C(C)(C)C. The summed E-state index contributed by atoms with van der Waals surface area (Å²) in [6.45, 7) is 7.32. The van der Waals surface area contributed by atoms with Gasteiger partial charge in [-0.25, -0.2) is 4.39 Å². The predicted molar refractivity (Wildman–Crippen MR) is 103 cm³/mol. The van der Waals surface area contributed by atoms with Gasteiger partial charge >= 0.3 is 0 Å². The Morgan fingerprint density at radius 1 is 1.00 bits per heavy atom. The molecule has 2 N–H and O–H groups in total. The van der Waals surface area contributed by atoms with E-state index in [1.807, 2.05) is 39.0 Å². The van der Waals surface area contributed by atoms with E-state index >= 15 is 0 Å². The average molecular weight is 388 g/mol. The smallest absolute Gasteiger partial charge is 0.279 e.